The summed E-state index contributed by atoms with van der Waals surface area (Å²) < 4.78 is 46.1. The number of anilines is 5. The number of nitrogens with two attached hydrogens (primary N) is 3. The second-order valence-corrected chi connectivity index (χ2v) is 19.1. The van der Waals surface area contributed by atoms with Crippen molar-refractivity contribution >= 4 is 63.4 Å². The van der Waals surface area contributed by atoms with Crippen LogP contribution >= 0.6 is 0 Å². The van der Waals surface area contributed by atoms with Gasteiger partial charge in [-0.2, -0.15) is 15.0 Å². The van der Waals surface area contributed by atoms with E-state index in [9.17, 15) is 34.6 Å². The number of H-pyrrole nitrogens is 1. The molecule has 4 aromatic heterocycles. The molecule has 3 aliphatic rings. The zero-order valence-electron chi connectivity index (χ0n) is 47.6. The minimum atomic E-state index is -0.755. The maximum Gasteiger partial charge on any atom is 0.414 e. The van der Waals surface area contributed by atoms with Gasteiger partial charge in [-0.3, -0.25) is 34.6 Å². The number of hydrogen-bond donors (Lipinski definition) is 4. The molecule has 0 unspecified atom stereocenters. The van der Waals surface area contributed by atoms with Crippen LogP contribution in [-0.2, 0) is 61.8 Å². The van der Waals surface area contributed by atoms with Gasteiger partial charge in [0.1, 0.15) is 40.7 Å². The van der Waals surface area contributed by atoms with Crippen LogP contribution < -0.4 is 61.1 Å². The van der Waals surface area contributed by atoms with Crippen molar-refractivity contribution in [3.05, 3.63) is 151 Å². The average Bonchev–Trinajstić information content (AvgIpc) is 1.64. The molecule has 0 saturated heterocycles. The first-order valence-corrected chi connectivity index (χ1v) is 27.6. The number of aromatic amines is 1. The number of nitrogens with zero attached hydrogens (tertiary/aromatic N) is 8. The minimum absolute atomic E-state index is 0. The summed E-state index contributed by atoms with van der Waals surface area (Å²) in [7, 11) is 0. The number of pyridine rings is 3. The molecule has 0 spiro atoms. The molecule has 3 aliphatic heterocycles. The Bertz CT molecular complexity index is 3570. The largest absolute Gasteiger partial charge is 0.494 e. The van der Waals surface area contributed by atoms with Gasteiger partial charge in [0.05, 0.1) is 81.2 Å². The number of amides is 2. The zero-order valence-corrected chi connectivity index (χ0v) is 50.4. The molecule has 0 saturated carbocycles. The third-order valence-electron chi connectivity index (χ3n) is 13.0. The van der Waals surface area contributed by atoms with Crippen molar-refractivity contribution in [2.45, 2.75) is 93.3 Å². The van der Waals surface area contributed by atoms with Crippen LogP contribution in [0.5, 0.6) is 34.9 Å². The summed E-state index contributed by atoms with van der Waals surface area (Å²) >= 11 is 0. The van der Waals surface area contributed by atoms with Crippen LogP contribution in [0, 0.1) is 20.2 Å². The molecule has 10 rings (SSSR count). The number of fused-ring (bicyclic) bond motifs is 11. The van der Waals surface area contributed by atoms with Gasteiger partial charge < -0.3 is 60.1 Å². The number of benzene rings is 3. The van der Waals surface area contributed by atoms with E-state index in [2.05, 4.69) is 19.9 Å². The molecule has 7 N–H and O–H groups in total. The molecule has 2 amide bonds. The van der Waals surface area contributed by atoms with E-state index < -0.39 is 33.4 Å². The average molecular weight is 1290 g/mol. The van der Waals surface area contributed by atoms with Crippen molar-refractivity contribution in [1.29, 1.82) is 0 Å². The van der Waals surface area contributed by atoms with Crippen LogP contribution in [0.15, 0.2) is 108 Å². The molecular formula is C60H74N12O15Y. The Labute approximate surface area is 533 Å². The quantitative estimate of drug-likeness (QED) is 0.0722. The second-order valence-electron chi connectivity index (χ2n) is 19.1. The van der Waals surface area contributed by atoms with Crippen LogP contribution in [0.1, 0.15) is 90.3 Å². The molecule has 7 heterocycles. The van der Waals surface area contributed by atoms with Crippen molar-refractivity contribution < 1.29 is 90.0 Å². The topological polar surface area (TPSA) is 355 Å². The number of ether oxygens (including phenoxy) is 8. The predicted octanol–water partition coefficient (Wildman–Crippen LogP) is 10.7. The molecule has 0 aliphatic carbocycles. The molecule has 28 heteroatoms. The van der Waals surface area contributed by atoms with E-state index in [1.807, 2.05) is 42.5 Å². The van der Waals surface area contributed by atoms with E-state index in [4.69, 9.17) is 55.1 Å². The Balaban J connectivity index is 0.000000237. The molecule has 88 heavy (non-hydrogen) atoms. The molecule has 0 atom stereocenters. The van der Waals surface area contributed by atoms with E-state index in [0.717, 1.165) is 59.6 Å². The fourth-order valence-corrected chi connectivity index (χ4v) is 9.06. The van der Waals surface area contributed by atoms with Gasteiger partial charge in [0.2, 0.25) is 29.3 Å². The molecule has 467 valence electrons. The molecule has 7 aromatic rings. The monoisotopic (exact) mass is 1290 g/mol. The first kappa shape index (κ1) is 69.5. The minimum Gasteiger partial charge on any atom is -0.494 e. The van der Waals surface area contributed by atoms with Crippen molar-refractivity contribution in [3.63, 3.8) is 0 Å². The van der Waals surface area contributed by atoms with Crippen molar-refractivity contribution in [3.8, 4) is 34.9 Å². The maximum atomic E-state index is 12.7. The van der Waals surface area contributed by atoms with E-state index in [1.165, 1.54) is 12.1 Å². The summed E-state index contributed by atoms with van der Waals surface area (Å²) in [5, 5.41) is 23.4. The van der Waals surface area contributed by atoms with E-state index in [-0.39, 0.29) is 127 Å². The summed E-state index contributed by atoms with van der Waals surface area (Å²) in [6, 6.07) is 26.6. The SMILES string of the molecule is C.C.CCOC(=O)N1Cc2cccc(c2)OC/C=C/CCOc2cc1c([N+](=O)[O-])c(N)n2.CCOC(=O)N1Cc2cccc(c2)OCCCCCOc2cc1c([N+](=O)[O-])c(N)n2.Nc1nc2cc3c1[nH]c(=O)n3Cc1cccc(c1)OCCCCCO2.[Y]. The number of nitrogens with one attached hydrogen (secondary N) is 1. The summed E-state index contributed by atoms with van der Waals surface area (Å²) in [6.07, 6.45) is 8.18. The number of carbonyl (C=O) groups is 2. The Morgan fingerprint density at radius 1 is 0.568 bits per heavy atom. The van der Waals surface area contributed by atoms with Crippen molar-refractivity contribution in [2.24, 2.45) is 0 Å². The Morgan fingerprint density at radius 3 is 1.45 bits per heavy atom. The first-order valence-electron chi connectivity index (χ1n) is 27.6. The van der Waals surface area contributed by atoms with Crippen LogP contribution in [0.2, 0.25) is 0 Å². The normalized spacial score (nSPS) is 14.4. The fourth-order valence-electron chi connectivity index (χ4n) is 9.06. The van der Waals surface area contributed by atoms with Crippen LogP contribution in [0.25, 0.3) is 11.0 Å². The number of hydrogen-bond acceptors (Lipinski definition) is 21. The second kappa shape index (κ2) is 34.2. The van der Waals surface area contributed by atoms with Gasteiger partial charge in [-0.25, -0.2) is 14.4 Å². The molecule has 1 radical (unpaired) electrons. The van der Waals surface area contributed by atoms with Gasteiger partial charge in [-0.1, -0.05) is 63.4 Å². The maximum absolute atomic E-state index is 12.7. The number of imidazole rings is 1. The Morgan fingerprint density at radius 2 is 0.989 bits per heavy atom. The number of aromatic nitrogens is 5. The standard InChI is InChI=1S/C20H24N4O6.C20H22N4O6.C18H20N4O3.2CH4.Y/c2*1-2-28-20(25)23-13-14-7-6-8-15(11-14)29-9-4-3-5-10-30-17-12-16(23)18(24(26)27)19(21)22-17;19-17-16-14-10-15(20-17)25-8-3-1-2-7-24-13-6-4-5-12(9-13)11-22(14)18(23)21-16;;;/h6-8,11-12H,2-5,9-10,13H2,1H3,(H2,21,22);3-4,6-8,11-12H,2,5,9-10,13H2,1H3,(H2,21,22);4-6,9-10H,1-3,7-8,11H2,(H2,19,20)(H,21,23);2*1H4;/b;4-3+;;;;. The van der Waals surface area contributed by atoms with Gasteiger partial charge in [-0.05, 0) is 112 Å². The molecule has 0 fully saturated rings. The van der Waals surface area contributed by atoms with Gasteiger partial charge in [0, 0.05) is 50.9 Å². The molecule has 12 bridgehead atoms. The van der Waals surface area contributed by atoms with Gasteiger partial charge in [-0.15, -0.1) is 0 Å². The number of nitro groups is 2. The fraction of sp³-hybridized carbons (Fsp3) is 0.367. The first-order chi connectivity index (χ1) is 41.2. The van der Waals surface area contributed by atoms with E-state index in [0.29, 0.717) is 85.5 Å². The number of carbonyl (C=O) groups excluding carboxylic acids is 2. The summed E-state index contributed by atoms with van der Waals surface area (Å²) in [6.45, 7) is 6.71. The van der Waals surface area contributed by atoms with Crippen molar-refractivity contribution in [2.75, 3.05) is 79.9 Å². The van der Waals surface area contributed by atoms with Crippen LogP contribution in [-0.4, -0.2) is 99.4 Å². The van der Waals surface area contributed by atoms with Crippen molar-refractivity contribution in [1.82, 2.24) is 24.5 Å². The number of nitrogen functional groups attached to an aromatic ring is 3. The van der Waals surface area contributed by atoms with Gasteiger partial charge >= 0.3 is 29.3 Å². The third kappa shape index (κ3) is 18.9. The summed E-state index contributed by atoms with van der Waals surface area (Å²) in [5.74, 6) is 2.31. The molecule has 3 aromatic carbocycles. The van der Waals surface area contributed by atoms with Crippen LogP contribution in [0.4, 0.5) is 49.8 Å². The van der Waals surface area contributed by atoms with E-state index in [1.54, 1.807) is 66.9 Å². The molecule has 27 nitrogen and oxygen atoms in total. The Hall–Kier alpha value is -9.24. The van der Waals surface area contributed by atoms with Gasteiger partial charge in [0.25, 0.3) is 0 Å². The smallest absolute Gasteiger partial charge is 0.414 e. The van der Waals surface area contributed by atoms with Crippen LogP contribution in [0.3, 0.4) is 0 Å². The summed E-state index contributed by atoms with van der Waals surface area (Å²) in [5.41, 5.74) is 20.0. The van der Waals surface area contributed by atoms with E-state index >= 15 is 0 Å². The van der Waals surface area contributed by atoms with Gasteiger partial charge in [0.15, 0.2) is 5.82 Å². The Kier molecular flexibility index (Phi) is 27.0. The third-order valence-corrected chi connectivity index (χ3v) is 13.0. The molecular weight excluding hydrogens is 1220 g/mol. The predicted molar refractivity (Wildman–Crippen MR) is 328 cm³/mol. The zero-order chi connectivity index (χ0) is 60.2. The number of rotatable bonds is 4. The summed E-state index contributed by atoms with van der Waals surface area (Å²) in [4.78, 5) is 77.2.